The highest BCUT2D eigenvalue weighted by Crippen LogP contribution is 2.54. The number of nitrogens with zero attached hydrogens (tertiary/aromatic N) is 5. The lowest BCUT2D eigenvalue weighted by Gasteiger charge is -2.39. The molecule has 2 atom stereocenters. The minimum Gasteiger partial charge on any atom is -0.471 e. The van der Waals surface area contributed by atoms with Crippen LogP contribution in [0.2, 0.25) is 0 Å². The Labute approximate surface area is 224 Å². The van der Waals surface area contributed by atoms with Gasteiger partial charge in [0.05, 0.1) is 24.5 Å². The third-order valence-corrected chi connectivity index (χ3v) is 7.90. The Hall–Kier alpha value is -3.14. The monoisotopic (exact) mass is 517 g/mol. The van der Waals surface area contributed by atoms with Crippen molar-refractivity contribution >= 4 is 30.3 Å². The van der Waals surface area contributed by atoms with Crippen molar-refractivity contribution in [3.63, 3.8) is 0 Å². The molecule has 9 nitrogen and oxygen atoms in total. The third-order valence-electron chi connectivity index (χ3n) is 7.90. The molecule has 1 unspecified atom stereocenters. The van der Waals surface area contributed by atoms with Crippen LogP contribution in [0.1, 0.15) is 65.5 Å². The van der Waals surface area contributed by atoms with Gasteiger partial charge in [0.15, 0.2) is 6.23 Å². The van der Waals surface area contributed by atoms with Crippen molar-refractivity contribution in [1.82, 2.24) is 24.6 Å². The summed E-state index contributed by atoms with van der Waals surface area (Å²) in [6.45, 7) is 7.58. The second kappa shape index (κ2) is 9.56. The van der Waals surface area contributed by atoms with Gasteiger partial charge in [-0.05, 0) is 65.4 Å². The lowest BCUT2D eigenvalue weighted by Crippen LogP contribution is -2.51. The van der Waals surface area contributed by atoms with Gasteiger partial charge in [0.2, 0.25) is 5.88 Å². The zero-order chi connectivity index (χ0) is 26.5. The zero-order valence-electron chi connectivity index (χ0n) is 22.8. The first kappa shape index (κ1) is 25.2. The summed E-state index contributed by atoms with van der Waals surface area (Å²) in [6, 6.07) is 6.36. The Morgan fingerprint density at radius 2 is 2.03 bits per heavy atom. The van der Waals surface area contributed by atoms with Gasteiger partial charge in [0, 0.05) is 24.0 Å². The van der Waals surface area contributed by atoms with Crippen LogP contribution in [0.4, 0.5) is 4.79 Å². The fourth-order valence-corrected chi connectivity index (χ4v) is 5.64. The van der Waals surface area contributed by atoms with Crippen molar-refractivity contribution in [3.05, 3.63) is 30.6 Å². The lowest BCUT2D eigenvalue weighted by molar-refractivity contribution is -0.0365. The molecule has 1 aliphatic carbocycles. The summed E-state index contributed by atoms with van der Waals surface area (Å²) in [5.74, 6) is 0.453. The Morgan fingerprint density at radius 3 is 2.76 bits per heavy atom. The molecule has 38 heavy (non-hydrogen) atoms. The second-order valence-electron chi connectivity index (χ2n) is 12.0. The highest BCUT2D eigenvalue weighted by atomic mass is 16.6. The number of amides is 1. The molecule has 4 heterocycles. The number of ether oxygens (including phenoxy) is 3. The maximum Gasteiger partial charge on any atom is 0.410 e. The number of aromatic nitrogens is 4. The van der Waals surface area contributed by atoms with Crippen molar-refractivity contribution in [2.45, 2.75) is 77.2 Å². The van der Waals surface area contributed by atoms with E-state index >= 15 is 0 Å². The number of piperidine rings is 1. The van der Waals surface area contributed by atoms with Crippen LogP contribution in [0.15, 0.2) is 30.6 Å². The summed E-state index contributed by atoms with van der Waals surface area (Å²) in [5, 5.41) is 6.01. The van der Waals surface area contributed by atoms with E-state index in [4.69, 9.17) is 24.3 Å². The van der Waals surface area contributed by atoms with Crippen LogP contribution in [0.25, 0.3) is 22.3 Å². The number of likely N-dealkylation sites (tertiary alicyclic amines) is 1. The Kier molecular flexibility index (Phi) is 6.33. The summed E-state index contributed by atoms with van der Waals surface area (Å²) < 4.78 is 20.2. The molecule has 200 valence electrons. The summed E-state index contributed by atoms with van der Waals surface area (Å²) in [5.41, 5.74) is 3.19. The zero-order valence-corrected chi connectivity index (χ0v) is 22.8. The molecule has 3 aromatic rings. The van der Waals surface area contributed by atoms with E-state index in [9.17, 15) is 4.79 Å². The molecule has 1 spiro atoms. The van der Waals surface area contributed by atoms with E-state index in [2.05, 4.69) is 31.0 Å². The number of fused-ring (bicyclic) bond motifs is 1. The van der Waals surface area contributed by atoms with Crippen LogP contribution in [-0.4, -0.2) is 70.0 Å². The molecule has 0 radical (unpaired) electrons. The van der Waals surface area contributed by atoms with Crippen LogP contribution < -0.4 is 10.2 Å². The summed E-state index contributed by atoms with van der Waals surface area (Å²) in [7, 11) is 2.08. The molecule has 0 bridgehead atoms. The lowest BCUT2D eigenvalue weighted by atomic mass is 9.90. The molecule has 1 saturated carbocycles. The van der Waals surface area contributed by atoms with Gasteiger partial charge in [-0.15, -0.1) is 0 Å². The van der Waals surface area contributed by atoms with Gasteiger partial charge < -0.3 is 19.1 Å². The smallest absolute Gasteiger partial charge is 0.410 e. The highest BCUT2D eigenvalue weighted by molar-refractivity contribution is 6.33. The molecule has 10 heteroatoms. The topological polar surface area (TPSA) is 91.6 Å². The van der Waals surface area contributed by atoms with Gasteiger partial charge in [-0.1, -0.05) is 17.6 Å². The van der Waals surface area contributed by atoms with Crippen LogP contribution in [-0.2, 0) is 9.47 Å². The quantitative estimate of drug-likeness (QED) is 0.489. The number of hydrogen-bond donors (Lipinski definition) is 0. The summed E-state index contributed by atoms with van der Waals surface area (Å²) >= 11 is 0. The van der Waals surface area contributed by atoms with Gasteiger partial charge in [-0.3, -0.25) is 4.98 Å². The fourth-order valence-electron chi connectivity index (χ4n) is 5.64. The van der Waals surface area contributed by atoms with E-state index in [1.165, 1.54) is 0 Å². The van der Waals surface area contributed by atoms with E-state index in [0.717, 1.165) is 67.2 Å². The highest BCUT2D eigenvalue weighted by Gasteiger charge is 2.54. The normalized spacial score (nSPS) is 23.0. The van der Waals surface area contributed by atoms with Gasteiger partial charge in [0.1, 0.15) is 30.9 Å². The van der Waals surface area contributed by atoms with Gasteiger partial charge in [-0.2, -0.15) is 5.10 Å². The number of hydrogen-bond acceptors (Lipinski definition) is 7. The van der Waals surface area contributed by atoms with Crippen LogP contribution in [0.5, 0.6) is 5.88 Å². The first-order chi connectivity index (χ1) is 18.2. The minimum atomic E-state index is -0.533. The summed E-state index contributed by atoms with van der Waals surface area (Å²) in [6.07, 6.45) is 9.12. The van der Waals surface area contributed by atoms with E-state index in [0.29, 0.717) is 24.7 Å². The van der Waals surface area contributed by atoms with Gasteiger partial charge in [0.25, 0.3) is 0 Å². The predicted octanol–water partition coefficient (Wildman–Crippen LogP) is 3.62. The predicted molar refractivity (Wildman–Crippen MR) is 146 cm³/mol. The number of rotatable bonds is 4. The molecule has 3 aliphatic rings. The van der Waals surface area contributed by atoms with Crippen molar-refractivity contribution in [3.8, 4) is 17.3 Å². The number of benzene rings is 1. The maximum absolute atomic E-state index is 12.8. The summed E-state index contributed by atoms with van der Waals surface area (Å²) in [4.78, 5) is 23.9. The average Bonchev–Trinajstić information content (AvgIpc) is 3.56. The largest absolute Gasteiger partial charge is 0.471 e. The molecular formula is C28H36BN5O4. The first-order valence-electron chi connectivity index (χ1n) is 13.8. The van der Waals surface area contributed by atoms with Gasteiger partial charge in [-0.25, -0.2) is 14.5 Å². The average molecular weight is 517 g/mol. The Bertz CT molecular complexity index is 1340. The molecule has 1 aromatic carbocycles. The molecule has 0 N–H and O–H groups in total. The molecule has 3 fully saturated rings. The van der Waals surface area contributed by atoms with Crippen molar-refractivity contribution in [2.75, 3.05) is 19.7 Å². The van der Waals surface area contributed by atoms with Crippen LogP contribution in [0.3, 0.4) is 0 Å². The molecule has 2 aliphatic heterocycles. The fraction of sp³-hybridized carbons (Fsp3) is 0.571. The number of carbonyl (C=O) groups excluding carboxylic acids is 1. The van der Waals surface area contributed by atoms with Crippen LogP contribution >= 0.6 is 0 Å². The SMILES string of the molecule is Bc1ccc2c(c1)c(-c1cncc(O[C@H]3CN(C(=O)OC(C)(C)C)CCC34CC4)n1)nn2C1CCCCO1. The standard InChI is InChI=1S/C28H36BN5O4/c1-27(2,3)38-26(35)33-12-11-28(9-10-28)22(17-33)37-23-16-30-15-20(31-23)25-19-14-18(29)7-8-21(19)34(32-25)24-6-4-5-13-36-24/h7-8,14-16,22,24H,4-6,9-13,17,29H2,1-3H3/t22-,24?/m0/s1. The molecule has 2 aromatic heterocycles. The third kappa shape index (κ3) is 4.98. The van der Waals surface area contributed by atoms with Gasteiger partial charge >= 0.3 is 6.09 Å². The van der Waals surface area contributed by atoms with E-state index in [1.807, 2.05) is 25.5 Å². The van der Waals surface area contributed by atoms with E-state index < -0.39 is 5.60 Å². The first-order valence-corrected chi connectivity index (χ1v) is 13.8. The Balaban J connectivity index is 1.28. The number of carbonyl (C=O) groups is 1. The van der Waals surface area contributed by atoms with E-state index in [-0.39, 0.29) is 23.8 Å². The minimum absolute atomic E-state index is 0.0779. The van der Waals surface area contributed by atoms with Crippen LogP contribution in [0, 0.1) is 5.41 Å². The molecule has 6 rings (SSSR count). The van der Waals surface area contributed by atoms with Crippen molar-refractivity contribution in [1.29, 1.82) is 0 Å². The van der Waals surface area contributed by atoms with E-state index in [1.54, 1.807) is 17.3 Å². The Morgan fingerprint density at radius 1 is 1.18 bits per heavy atom. The second-order valence-corrected chi connectivity index (χ2v) is 12.0. The van der Waals surface area contributed by atoms with Crippen molar-refractivity contribution in [2.24, 2.45) is 5.41 Å². The molecule has 1 amide bonds. The van der Waals surface area contributed by atoms with Crippen molar-refractivity contribution < 1.29 is 19.0 Å². The molecule has 2 saturated heterocycles. The maximum atomic E-state index is 12.8. The molecular weight excluding hydrogens is 481 g/mol.